The van der Waals surface area contributed by atoms with Crippen molar-refractivity contribution in [1.82, 2.24) is 19.4 Å². The minimum absolute atomic E-state index is 0.465. The van der Waals surface area contributed by atoms with Crippen molar-refractivity contribution >= 4 is 11.5 Å². The zero-order valence-electron chi connectivity index (χ0n) is 12.1. The van der Waals surface area contributed by atoms with Crippen LogP contribution in [0.25, 0.3) is 5.65 Å². The molecule has 0 aliphatic carbocycles. The molecule has 1 N–H and O–H groups in total. The van der Waals surface area contributed by atoms with Crippen LogP contribution in [0.5, 0.6) is 11.6 Å². The molecule has 6 nitrogen and oxygen atoms in total. The second-order valence-electron chi connectivity index (χ2n) is 4.75. The topological polar surface area (TPSA) is 64.3 Å². The summed E-state index contributed by atoms with van der Waals surface area (Å²) in [6, 6.07) is 3.77. The van der Waals surface area contributed by atoms with Crippen LogP contribution in [-0.4, -0.2) is 25.9 Å². The number of ether oxygens (including phenoxy) is 1. The number of nitrogens with zero attached hydrogens (tertiary/aromatic N) is 4. The van der Waals surface area contributed by atoms with Crippen molar-refractivity contribution in [3.8, 4) is 11.6 Å². The lowest BCUT2D eigenvalue weighted by atomic mass is 10.4. The first-order valence-electron chi connectivity index (χ1n) is 6.94. The van der Waals surface area contributed by atoms with Crippen molar-refractivity contribution in [2.75, 3.05) is 11.9 Å². The Morgan fingerprint density at radius 1 is 1.29 bits per heavy atom. The summed E-state index contributed by atoms with van der Waals surface area (Å²) in [5.41, 5.74) is 1.62. The van der Waals surface area contributed by atoms with Gasteiger partial charge in [0.15, 0.2) is 0 Å². The van der Waals surface area contributed by atoms with Gasteiger partial charge in [0.1, 0.15) is 11.6 Å². The zero-order valence-corrected chi connectivity index (χ0v) is 12.1. The molecule has 0 bridgehead atoms. The molecule has 3 rings (SSSR count). The summed E-state index contributed by atoms with van der Waals surface area (Å²) in [6.07, 6.45) is 8.21. The molecule has 0 aliphatic rings. The number of nitrogens with one attached hydrogen (secondary N) is 1. The minimum Gasteiger partial charge on any atom is -0.434 e. The number of hydrogen-bond donors (Lipinski definition) is 1. The molecule has 6 heteroatoms. The van der Waals surface area contributed by atoms with Crippen molar-refractivity contribution < 1.29 is 4.74 Å². The number of anilines is 1. The molecule has 3 heterocycles. The molecule has 21 heavy (non-hydrogen) atoms. The second-order valence-corrected chi connectivity index (χ2v) is 4.75. The van der Waals surface area contributed by atoms with E-state index in [9.17, 15) is 0 Å². The van der Waals surface area contributed by atoms with E-state index < -0.39 is 0 Å². The Labute approximate surface area is 122 Å². The number of aromatic nitrogens is 4. The van der Waals surface area contributed by atoms with Gasteiger partial charge in [0.05, 0.1) is 12.4 Å². The van der Waals surface area contributed by atoms with Crippen LogP contribution in [0.4, 0.5) is 5.82 Å². The maximum Gasteiger partial charge on any atom is 0.265 e. The first kappa shape index (κ1) is 13.4. The van der Waals surface area contributed by atoms with Gasteiger partial charge in [0.25, 0.3) is 5.88 Å². The molecule has 0 unspecified atom stereocenters. The molecule has 0 fully saturated rings. The SMILES string of the molecule is CCCNc1cn2ccnc2c(Oc2ccc(C)nc2)n1. The Morgan fingerprint density at radius 3 is 2.95 bits per heavy atom. The molecular weight excluding hydrogens is 266 g/mol. The van der Waals surface area contributed by atoms with E-state index in [1.165, 1.54) is 0 Å². The second kappa shape index (κ2) is 5.78. The highest BCUT2D eigenvalue weighted by atomic mass is 16.5. The molecule has 0 spiro atoms. The normalized spacial score (nSPS) is 10.8. The molecule has 3 aromatic rings. The minimum atomic E-state index is 0.465. The van der Waals surface area contributed by atoms with Crippen LogP contribution in [0.1, 0.15) is 19.0 Å². The summed E-state index contributed by atoms with van der Waals surface area (Å²) in [6.45, 7) is 4.90. The lowest BCUT2D eigenvalue weighted by molar-refractivity contribution is 0.463. The van der Waals surface area contributed by atoms with Crippen molar-refractivity contribution in [1.29, 1.82) is 0 Å². The van der Waals surface area contributed by atoms with E-state index in [0.29, 0.717) is 17.3 Å². The maximum absolute atomic E-state index is 5.83. The fourth-order valence-electron chi connectivity index (χ4n) is 1.94. The van der Waals surface area contributed by atoms with E-state index in [2.05, 4.69) is 27.2 Å². The average molecular weight is 283 g/mol. The van der Waals surface area contributed by atoms with Crippen LogP contribution < -0.4 is 10.1 Å². The van der Waals surface area contributed by atoms with E-state index in [-0.39, 0.29) is 0 Å². The van der Waals surface area contributed by atoms with E-state index in [0.717, 1.165) is 24.5 Å². The fraction of sp³-hybridized carbons (Fsp3) is 0.267. The summed E-state index contributed by atoms with van der Waals surface area (Å²) in [4.78, 5) is 13.0. The Morgan fingerprint density at radius 2 is 2.19 bits per heavy atom. The molecule has 0 atom stereocenters. The summed E-state index contributed by atoms with van der Waals surface area (Å²) in [5.74, 6) is 1.87. The van der Waals surface area contributed by atoms with Gasteiger partial charge in [-0.2, -0.15) is 4.98 Å². The molecule has 0 radical (unpaired) electrons. The highest BCUT2D eigenvalue weighted by Crippen LogP contribution is 2.24. The van der Waals surface area contributed by atoms with Crippen LogP contribution in [0.15, 0.2) is 36.9 Å². The quantitative estimate of drug-likeness (QED) is 0.779. The number of rotatable bonds is 5. The molecule has 108 valence electrons. The standard InChI is InChI=1S/C15H17N5O/c1-3-6-16-13-10-20-8-7-17-14(20)15(19-13)21-12-5-4-11(2)18-9-12/h4-5,7-10,16H,3,6H2,1-2H3. The maximum atomic E-state index is 5.83. The number of imidazole rings is 1. The first-order valence-corrected chi connectivity index (χ1v) is 6.94. The van der Waals surface area contributed by atoms with Gasteiger partial charge in [-0.15, -0.1) is 0 Å². The van der Waals surface area contributed by atoms with Crippen LogP contribution in [-0.2, 0) is 0 Å². The summed E-state index contributed by atoms with van der Waals surface area (Å²) >= 11 is 0. The fourth-order valence-corrected chi connectivity index (χ4v) is 1.94. The third-order valence-corrected chi connectivity index (χ3v) is 3.00. The highest BCUT2D eigenvalue weighted by molar-refractivity contribution is 5.54. The number of hydrogen-bond acceptors (Lipinski definition) is 5. The molecule has 0 aliphatic heterocycles. The number of fused-ring (bicyclic) bond motifs is 1. The van der Waals surface area contributed by atoms with Crippen molar-refractivity contribution in [3.63, 3.8) is 0 Å². The number of aryl methyl sites for hydroxylation is 1. The third kappa shape index (κ3) is 2.94. The highest BCUT2D eigenvalue weighted by Gasteiger charge is 2.10. The summed E-state index contributed by atoms with van der Waals surface area (Å²) < 4.78 is 7.72. The van der Waals surface area contributed by atoms with Crippen LogP contribution >= 0.6 is 0 Å². The van der Waals surface area contributed by atoms with Gasteiger partial charge in [0, 0.05) is 24.6 Å². The summed E-state index contributed by atoms with van der Waals surface area (Å²) in [5, 5.41) is 3.26. The average Bonchev–Trinajstić information content (AvgIpc) is 2.96. The zero-order chi connectivity index (χ0) is 14.7. The number of pyridine rings is 1. The molecule has 3 aromatic heterocycles. The van der Waals surface area contributed by atoms with Crippen molar-refractivity contribution in [2.24, 2.45) is 0 Å². The van der Waals surface area contributed by atoms with E-state index in [4.69, 9.17) is 4.74 Å². The smallest absolute Gasteiger partial charge is 0.265 e. The molecule has 0 aromatic carbocycles. The molecular formula is C15H17N5O. The molecule has 0 saturated carbocycles. The Hall–Kier alpha value is -2.63. The van der Waals surface area contributed by atoms with E-state index >= 15 is 0 Å². The lowest BCUT2D eigenvalue weighted by Gasteiger charge is -2.09. The predicted molar refractivity (Wildman–Crippen MR) is 80.8 cm³/mol. The lowest BCUT2D eigenvalue weighted by Crippen LogP contribution is -2.05. The van der Waals surface area contributed by atoms with Gasteiger partial charge in [-0.3, -0.25) is 9.38 Å². The van der Waals surface area contributed by atoms with Crippen molar-refractivity contribution in [2.45, 2.75) is 20.3 Å². The summed E-state index contributed by atoms with van der Waals surface area (Å²) in [7, 11) is 0. The van der Waals surface area contributed by atoms with Gasteiger partial charge in [-0.05, 0) is 25.5 Å². The van der Waals surface area contributed by atoms with Crippen LogP contribution in [0, 0.1) is 6.92 Å². The van der Waals surface area contributed by atoms with Crippen LogP contribution in [0.2, 0.25) is 0 Å². The largest absolute Gasteiger partial charge is 0.434 e. The van der Waals surface area contributed by atoms with Gasteiger partial charge in [-0.1, -0.05) is 6.92 Å². The Balaban J connectivity index is 1.95. The third-order valence-electron chi connectivity index (χ3n) is 3.00. The van der Waals surface area contributed by atoms with E-state index in [1.54, 1.807) is 12.4 Å². The van der Waals surface area contributed by atoms with Gasteiger partial charge in [-0.25, -0.2) is 4.98 Å². The molecule has 0 saturated heterocycles. The van der Waals surface area contributed by atoms with Crippen molar-refractivity contribution in [3.05, 3.63) is 42.6 Å². The van der Waals surface area contributed by atoms with Gasteiger partial charge in [0.2, 0.25) is 5.65 Å². The monoisotopic (exact) mass is 283 g/mol. The first-order chi connectivity index (χ1) is 10.3. The van der Waals surface area contributed by atoms with Gasteiger partial charge >= 0.3 is 0 Å². The Bertz CT molecular complexity index is 735. The van der Waals surface area contributed by atoms with Gasteiger partial charge < -0.3 is 10.1 Å². The van der Waals surface area contributed by atoms with E-state index in [1.807, 2.05) is 35.9 Å². The Kier molecular flexibility index (Phi) is 3.68. The van der Waals surface area contributed by atoms with Crippen LogP contribution in [0.3, 0.4) is 0 Å². The predicted octanol–water partition coefficient (Wildman–Crippen LogP) is 3.05. The molecule has 0 amide bonds.